The molecule has 8 aliphatic rings. The molecule has 0 heterocycles. The molecular formula is C49H85O5P. The molecular weight excluding hydrogens is 700 g/mol. The van der Waals surface area contributed by atoms with Crippen molar-refractivity contribution >= 4 is 15.4 Å². The van der Waals surface area contributed by atoms with Gasteiger partial charge in [0.05, 0.1) is 18.3 Å². The molecule has 316 valence electrons. The second-order valence-corrected chi connectivity index (χ2v) is 23.4. The van der Waals surface area contributed by atoms with Crippen molar-refractivity contribution in [3.8, 4) is 0 Å². The maximum Gasteiger partial charge on any atom is 0.303 e. The molecule has 6 heteroatoms. The molecule has 55 heavy (non-hydrogen) atoms. The average molecular weight is 785 g/mol. The van der Waals surface area contributed by atoms with Crippen molar-refractivity contribution in [1.82, 2.24) is 0 Å². The number of aliphatic hydroxyl groups is 2. The molecule has 0 aromatic rings. The van der Waals surface area contributed by atoms with E-state index >= 15 is 0 Å². The van der Waals surface area contributed by atoms with E-state index in [9.17, 15) is 15.0 Å². The molecule has 0 bridgehead atoms. The zero-order valence-electron chi connectivity index (χ0n) is 36.6. The fourth-order valence-corrected chi connectivity index (χ4v) is 18.2. The highest BCUT2D eigenvalue weighted by molar-refractivity contribution is 7.09. The summed E-state index contributed by atoms with van der Waals surface area (Å²) >= 11 is 0. The molecule has 0 aromatic carbocycles. The van der Waals surface area contributed by atoms with Crippen molar-refractivity contribution in [2.75, 3.05) is 0 Å². The Kier molecular flexibility index (Phi) is 12.7. The molecule has 3 N–H and O–H groups in total. The first kappa shape index (κ1) is 42.9. The van der Waals surface area contributed by atoms with Crippen LogP contribution in [0.4, 0.5) is 0 Å². The third-order valence-electron chi connectivity index (χ3n) is 20.8. The summed E-state index contributed by atoms with van der Waals surface area (Å²) < 4.78 is 6.16. The molecule has 0 radical (unpaired) electrons. The van der Waals surface area contributed by atoms with Gasteiger partial charge in [0.2, 0.25) is 0 Å². The number of hydrogen-bond donors (Lipinski definition) is 3. The Morgan fingerprint density at radius 3 is 1.76 bits per heavy atom. The first-order chi connectivity index (χ1) is 26.0. The Labute approximate surface area is 339 Å². The van der Waals surface area contributed by atoms with Gasteiger partial charge in [-0.2, -0.15) is 0 Å². The second-order valence-electron chi connectivity index (χ2n) is 23.1. The quantitative estimate of drug-likeness (QED) is 0.213. The molecule has 8 fully saturated rings. The molecule has 0 saturated heterocycles. The highest BCUT2D eigenvalue weighted by Crippen LogP contribution is 2.70. The van der Waals surface area contributed by atoms with Crippen molar-refractivity contribution in [3.05, 3.63) is 0 Å². The van der Waals surface area contributed by atoms with E-state index in [1.807, 2.05) is 0 Å². The van der Waals surface area contributed by atoms with Gasteiger partial charge in [-0.1, -0.05) is 74.7 Å². The van der Waals surface area contributed by atoms with E-state index in [2.05, 4.69) is 64.9 Å². The summed E-state index contributed by atoms with van der Waals surface area (Å²) in [6, 6.07) is 0. The molecule has 8 rings (SSSR count). The smallest absolute Gasteiger partial charge is 0.303 e. The summed E-state index contributed by atoms with van der Waals surface area (Å²) in [6.07, 6.45) is 24.1. The lowest BCUT2D eigenvalue weighted by Crippen LogP contribution is -2.58. The third kappa shape index (κ3) is 7.38. The summed E-state index contributed by atoms with van der Waals surface area (Å²) in [5, 5.41) is 30.6. The number of fused-ring (bicyclic) bond motifs is 10. The Hall–Kier alpha value is -0.220. The van der Waals surface area contributed by atoms with Crippen LogP contribution in [0.2, 0.25) is 0 Å². The van der Waals surface area contributed by atoms with Gasteiger partial charge in [0.15, 0.2) is 0 Å². The van der Waals surface area contributed by atoms with Gasteiger partial charge >= 0.3 is 5.97 Å². The van der Waals surface area contributed by atoms with Crippen LogP contribution in [-0.2, 0) is 9.32 Å². The minimum absolute atomic E-state index is 0.128. The largest absolute Gasteiger partial charge is 0.481 e. The predicted molar refractivity (Wildman–Crippen MR) is 227 cm³/mol. The van der Waals surface area contributed by atoms with E-state index in [-0.39, 0.29) is 12.2 Å². The van der Waals surface area contributed by atoms with Crippen LogP contribution in [-0.4, -0.2) is 39.6 Å². The topological polar surface area (TPSA) is 87.0 Å². The highest BCUT2D eigenvalue weighted by atomic mass is 31.0. The summed E-state index contributed by atoms with van der Waals surface area (Å²) in [7, 11) is 2.63. The summed E-state index contributed by atoms with van der Waals surface area (Å²) in [5.41, 5.74) is 1.68. The molecule has 0 spiro atoms. The van der Waals surface area contributed by atoms with Crippen LogP contribution in [0, 0.1) is 98.6 Å². The van der Waals surface area contributed by atoms with Crippen molar-refractivity contribution in [2.24, 2.45) is 98.6 Å². The van der Waals surface area contributed by atoms with Crippen LogP contribution in [0.3, 0.4) is 0 Å². The first-order valence-electron chi connectivity index (χ1n) is 23.9. The maximum atomic E-state index is 11.3. The Morgan fingerprint density at radius 1 is 0.673 bits per heavy atom. The van der Waals surface area contributed by atoms with Crippen LogP contribution < -0.4 is 0 Å². The maximum absolute atomic E-state index is 11.3. The highest BCUT2D eigenvalue weighted by Gasteiger charge is 2.64. The molecule has 0 aliphatic heterocycles. The Bertz CT molecular complexity index is 1340. The number of aliphatic hydroxyl groups excluding tert-OH is 2. The zero-order valence-corrected chi connectivity index (χ0v) is 37.8. The normalized spacial score (nSPS) is 52.5. The lowest BCUT2D eigenvalue weighted by atomic mass is 9.43. The van der Waals surface area contributed by atoms with Crippen LogP contribution in [0.25, 0.3) is 0 Å². The van der Waals surface area contributed by atoms with Crippen molar-refractivity contribution in [2.45, 2.75) is 202 Å². The summed E-state index contributed by atoms with van der Waals surface area (Å²) in [4.78, 5) is 11.1. The minimum Gasteiger partial charge on any atom is -0.481 e. The fourth-order valence-electron chi connectivity index (χ4n) is 17.9. The molecule has 0 aromatic heterocycles. The number of aliphatic carboxylic acids is 1. The lowest BCUT2D eigenvalue weighted by Gasteiger charge is -2.63. The van der Waals surface area contributed by atoms with Crippen molar-refractivity contribution in [1.29, 1.82) is 0 Å². The summed E-state index contributed by atoms with van der Waals surface area (Å²) in [6.45, 7) is 19.9. The standard InChI is InChI=1S/C25H43O3P.C24H42O2/c1-15-9-11-24(3)17(13-15)14-21(28-29)23-19-7-6-18(16(2)5-8-22(26)27)25(19,4)12-10-20(23)24;1-5-6-15(2)18-7-8-19-22-20(10-12-24(18,19)4)23(3)11-9-17(25)13-16(23)14-21(22)26/h15-21,23H,5-14,29H2,1-4H3,(H,26,27);15-22,25-26H,5-14H2,1-4H3/t15-,16+,17-,18+,19?,20?,21?,23-,24-,25+;15-,16+,17+,18-,19?,20?,21?,22+,23+,24-/m01/s1. The monoisotopic (exact) mass is 785 g/mol. The van der Waals surface area contributed by atoms with Crippen LogP contribution in [0.5, 0.6) is 0 Å². The van der Waals surface area contributed by atoms with Gasteiger partial charge in [-0.3, -0.25) is 4.79 Å². The minimum atomic E-state index is -0.644. The molecule has 0 amide bonds. The van der Waals surface area contributed by atoms with Gasteiger partial charge in [-0.25, -0.2) is 0 Å². The number of carboxylic acid groups (broad SMARTS) is 1. The van der Waals surface area contributed by atoms with Crippen molar-refractivity contribution < 1.29 is 24.6 Å². The Balaban J connectivity index is 0.000000170. The average Bonchev–Trinajstić information content (AvgIpc) is 3.68. The van der Waals surface area contributed by atoms with E-state index in [0.29, 0.717) is 69.7 Å². The fraction of sp³-hybridized carbons (Fsp3) is 0.980. The van der Waals surface area contributed by atoms with E-state index in [0.717, 1.165) is 67.1 Å². The van der Waals surface area contributed by atoms with Crippen LogP contribution >= 0.6 is 9.47 Å². The lowest BCUT2D eigenvalue weighted by molar-refractivity contribution is -0.174. The van der Waals surface area contributed by atoms with Crippen LogP contribution in [0.1, 0.15) is 184 Å². The first-order valence-corrected chi connectivity index (χ1v) is 24.4. The predicted octanol–water partition coefficient (Wildman–Crippen LogP) is 12.0. The van der Waals surface area contributed by atoms with Gasteiger partial charge in [0.25, 0.3) is 0 Å². The molecule has 7 unspecified atom stereocenters. The zero-order chi connectivity index (χ0) is 39.7. The number of hydrogen-bond acceptors (Lipinski definition) is 4. The van der Waals surface area contributed by atoms with Gasteiger partial charge in [0.1, 0.15) is 0 Å². The number of rotatable bonds is 8. The molecule has 5 nitrogen and oxygen atoms in total. The second kappa shape index (κ2) is 16.3. The summed E-state index contributed by atoms with van der Waals surface area (Å²) in [5.74, 6) is 8.65. The molecule has 8 aliphatic carbocycles. The van der Waals surface area contributed by atoms with E-state index in [1.165, 1.54) is 96.3 Å². The van der Waals surface area contributed by atoms with E-state index < -0.39 is 5.97 Å². The molecule has 8 saturated carbocycles. The van der Waals surface area contributed by atoms with Gasteiger partial charge in [0, 0.05) is 15.9 Å². The van der Waals surface area contributed by atoms with Gasteiger partial charge < -0.3 is 19.8 Å². The number of carboxylic acids is 1. The third-order valence-corrected chi connectivity index (χ3v) is 21.2. The van der Waals surface area contributed by atoms with E-state index in [1.54, 1.807) is 0 Å². The van der Waals surface area contributed by atoms with Crippen molar-refractivity contribution in [3.63, 3.8) is 0 Å². The van der Waals surface area contributed by atoms with Gasteiger partial charge in [-0.15, -0.1) is 0 Å². The molecule has 21 atom stereocenters. The number of carbonyl (C=O) groups is 1. The van der Waals surface area contributed by atoms with Gasteiger partial charge in [-0.05, 0) is 201 Å². The Morgan fingerprint density at radius 2 is 1.18 bits per heavy atom. The van der Waals surface area contributed by atoms with E-state index in [4.69, 9.17) is 9.63 Å². The SMILES string of the molecule is CCC[C@@H](C)[C@H]1CCC2[C@@H]3C(O)C[C@@H]4C[C@@H](O)CC[C@]4(C)C3CC[C@@]21C.C[C@H]1CC[C@]2(C)C3CC[C@@]4(C)C(CC[C@@H]4[C@H](C)CCC(=O)O)[C@@H]3C(OP)C[C@@H]2C1. The van der Waals surface area contributed by atoms with Crippen LogP contribution in [0.15, 0.2) is 0 Å².